The summed E-state index contributed by atoms with van der Waals surface area (Å²) in [6.07, 6.45) is 1.68. The molecule has 5 nitrogen and oxygen atoms in total. The van der Waals surface area contributed by atoms with Crippen molar-refractivity contribution in [2.75, 3.05) is 4.90 Å². The first-order valence-corrected chi connectivity index (χ1v) is 9.17. The monoisotopic (exact) mass is 363 g/mol. The van der Waals surface area contributed by atoms with Gasteiger partial charge in [-0.05, 0) is 42.9 Å². The number of carbonyl (C=O) groups is 2. The number of aliphatic carboxylic acids is 1. The minimum atomic E-state index is -0.807. The van der Waals surface area contributed by atoms with Crippen LogP contribution >= 0.6 is 0 Å². The first-order chi connectivity index (χ1) is 13.1. The third-order valence-corrected chi connectivity index (χ3v) is 5.62. The van der Waals surface area contributed by atoms with E-state index in [0.29, 0.717) is 30.5 Å². The Morgan fingerprint density at radius 1 is 0.963 bits per heavy atom. The second kappa shape index (κ2) is 6.91. The van der Waals surface area contributed by atoms with E-state index in [0.717, 1.165) is 5.56 Å². The van der Waals surface area contributed by atoms with Crippen molar-refractivity contribution >= 4 is 17.6 Å². The van der Waals surface area contributed by atoms with Gasteiger partial charge in [0.15, 0.2) is 5.76 Å². The van der Waals surface area contributed by atoms with Crippen LogP contribution in [-0.4, -0.2) is 22.1 Å². The molecule has 3 unspecified atom stereocenters. The van der Waals surface area contributed by atoms with Crippen LogP contribution in [0.3, 0.4) is 0 Å². The van der Waals surface area contributed by atoms with E-state index in [4.69, 9.17) is 0 Å². The highest BCUT2D eigenvalue weighted by Crippen LogP contribution is 2.48. The van der Waals surface area contributed by atoms with E-state index in [1.807, 2.05) is 60.7 Å². The Kier molecular flexibility index (Phi) is 4.44. The number of carboxylic acids is 1. The van der Waals surface area contributed by atoms with E-state index in [1.54, 1.807) is 4.90 Å². The number of anilines is 1. The predicted octanol–water partition coefficient (Wildman–Crippen LogP) is 4.09. The quantitative estimate of drug-likeness (QED) is 0.858. The van der Waals surface area contributed by atoms with Gasteiger partial charge in [0.1, 0.15) is 0 Å². The predicted molar refractivity (Wildman–Crippen MR) is 101 cm³/mol. The average Bonchev–Trinajstić information content (AvgIpc) is 3.27. The molecule has 4 rings (SSSR count). The van der Waals surface area contributed by atoms with Crippen molar-refractivity contribution in [2.24, 2.45) is 11.8 Å². The summed E-state index contributed by atoms with van der Waals surface area (Å²) in [6.45, 7) is 0. The lowest BCUT2D eigenvalue weighted by molar-refractivity contribution is -0.141. The number of nitrogens with zero attached hydrogens (tertiary/aromatic N) is 1. The number of aliphatic hydroxyl groups excluding tert-OH is 1. The van der Waals surface area contributed by atoms with E-state index >= 15 is 0 Å². The number of amides is 1. The molecule has 5 heteroatoms. The summed E-state index contributed by atoms with van der Waals surface area (Å²) in [5.74, 6) is -2.01. The number of hydrogen-bond donors (Lipinski definition) is 2. The van der Waals surface area contributed by atoms with E-state index in [-0.39, 0.29) is 11.7 Å². The normalized spacial score (nSPS) is 25.3. The van der Waals surface area contributed by atoms with Crippen LogP contribution in [-0.2, 0) is 9.59 Å². The molecule has 27 heavy (non-hydrogen) atoms. The lowest BCUT2D eigenvalue weighted by Gasteiger charge is -2.29. The third kappa shape index (κ3) is 2.99. The second-order valence-electron chi connectivity index (χ2n) is 7.17. The molecule has 0 spiro atoms. The maximum Gasteiger partial charge on any atom is 0.306 e. The molecule has 1 saturated carbocycles. The molecule has 1 fully saturated rings. The summed E-state index contributed by atoms with van der Waals surface area (Å²) in [7, 11) is 0. The molecule has 1 aliphatic heterocycles. The van der Waals surface area contributed by atoms with Gasteiger partial charge in [0, 0.05) is 11.3 Å². The number of aliphatic hydroxyl groups is 1. The summed E-state index contributed by atoms with van der Waals surface area (Å²) >= 11 is 0. The van der Waals surface area contributed by atoms with Crippen LogP contribution in [0.1, 0.15) is 30.9 Å². The van der Waals surface area contributed by atoms with Crippen molar-refractivity contribution in [2.45, 2.75) is 25.3 Å². The fourth-order valence-electron chi connectivity index (χ4n) is 4.35. The van der Waals surface area contributed by atoms with Crippen molar-refractivity contribution in [3.63, 3.8) is 0 Å². The van der Waals surface area contributed by atoms with Gasteiger partial charge in [0.2, 0.25) is 0 Å². The SMILES string of the molecule is O=C(O)C1CCC(C2=C(O)C(=O)N(c3ccccc3)C2c2ccccc2)C1. The largest absolute Gasteiger partial charge is 0.503 e. The van der Waals surface area contributed by atoms with Crippen LogP contribution in [0.25, 0.3) is 0 Å². The number of para-hydroxylation sites is 1. The van der Waals surface area contributed by atoms with Crippen molar-refractivity contribution in [1.82, 2.24) is 0 Å². The van der Waals surface area contributed by atoms with Gasteiger partial charge < -0.3 is 10.2 Å². The molecule has 0 aromatic heterocycles. The van der Waals surface area contributed by atoms with Crippen molar-refractivity contribution in [1.29, 1.82) is 0 Å². The highest BCUT2D eigenvalue weighted by Gasteiger charge is 2.46. The van der Waals surface area contributed by atoms with Crippen LogP contribution < -0.4 is 4.90 Å². The Balaban J connectivity index is 1.79. The van der Waals surface area contributed by atoms with Crippen LogP contribution in [0.4, 0.5) is 5.69 Å². The second-order valence-corrected chi connectivity index (χ2v) is 7.17. The Morgan fingerprint density at radius 3 is 2.19 bits per heavy atom. The third-order valence-electron chi connectivity index (χ3n) is 5.62. The summed E-state index contributed by atoms with van der Waals surface area (Å²) in [6, 6.07) is 18.5. The molecular formula is C22H21NO4. The Labute approximate surface area is 157 Å². The van der Waals surface area contributed by atoms with E-state index in [9.17, 15) is 19.8 Å². The van der Waals surface area contributed by atoms with Gasteiger partial charge >= 0.3 is 5.97 Å². The fourth-order valence-corrected chi connectivity index (χ4v) is 4.35. The molecule has 0 bridgehead atoms. The highest BCUT2D eigenvalue weighted by atomic mass is 16.4. The highest BCUT2D eigenvalue weighted by molar-refractivity contribution is 6.08. The van der Waals surface area contributed by atoms with Crippen molar-refractivity contribution in [3.8, 4) is 0 Å². The van der Waals surface area contributed by atoms with Crippen LogP contribution in [0.15, 0.2) is 72.0 Å². The van der Waals surface area contributed by atoms with Crippen LogP contribution in [0, 0.1) is 11.8 Å². The zero-order valence-corrected chi connectivity index (χ0v) is 14.8. The number of carbonyl (C=O) groups excluding carboxylic acids is 1. The Hall–Kier alpha value is -3.08. The zero-order valence-electron chi connectivity index (χ0n) is 14.8. The summed E-state index contributed by atoms with van der Waals surface area (Å²) < 4.78 is 0. The molecule has 2 aromatic rings. The minimum absolute atomic E-state index is 0.117. The molecule has 1 aliphatic carbocycles. The Bertz CT molecular complexity index is 891. The maximum absolute atomic E-state index is 13.0. The number of carboxylic acid groups (broad SMARTS) is 1. The lowest BCUT2D eigenvalue weighted by atomic mass is 9.87. The van der Waals surface area contributed by atoms with Gasteiger partial charge in [0.05, 0.1) is 12.0 Å². The zero-order chi connectivity index (χ0) is 19.0. The summed E-state index contributed by atoms with van der Waals surface area (Å²) in [5, 5.41) is 20.1. The molecule has 1 amide bonds. The number of benzene rings is 2. The molecule has 0 radical (unpaired) electrons. The summed E-state index contributed by atoms with van der Waals surface area (Å²) in [5.41, 5.74) is 2.28. The van der Waals surface area contributed by atoms with Gasteiger partial charge in [-0.3, -0.25) is 14.5 Å². The fraction of sp³-hybridized carbons (Fsp3) is 0.273. The standard InChI is InChI=1S/C22H21NO4/c24-20-18(15-11-12-16(13-15)22(26)27)19(14-7-3-1-4-8-14)23(21(20)25)17-9-5-2-6-10-17/h1-10,15-16,19,24H,11-13H2,(H,26,27). The molecule has 2 N–H and O–H groups in total. The Morgan fingerprint density at radius 2 is 1.59 bits per heavy atom. The molecular weight excluding hydrogens is 342 g/mol. The van der Waals surface area contributed by atoms with E-state index in [1.165, 1.54) is 0 Å². The van der Waals surface area contributed by atoms with Crippen molar-refractivity contribution < 1.29 is 19.8 Å². The van der Waals surface area contributed by atoms with Gasteiger partial charge in [-0.1, -0.05) is 48.5 Å². The van der Waals surface area contributed by atoms with Gasteiger partial charge in [0.25, 0.3) is 5.91 Å². The molecule has 0 saturated heterocycles. The van der Waals surface area contributed by atoms with E-state index in [2.05, 4.69) is 0 Å². The molecule has 2 aliphatic rings. The smallest absolute Gasteiger partial charge is 0.306 e. The molecule has 1 heterocycles. The first kappa shape index (κ1) is 17.3. The van der Waals surface area contributed by atoms with Gasteiger partial charge in [-0.25, -0.2) is 0 Å². The minimum Gasteiger partial charge on any atom is -0.503 e. The summed E-state index contributed by atoms with van der Waals surface area (Å²) in [4.78, 5) is 26.0. The van der Waals surface area contributed by atoms with Gasteiger partial charge in [-0.15, -0.1) is 0 Å². The topological polar surface area (TPSA) is 77.8 Å². The maximum atomic E-state index is 13.0. The number of hydrogen-bond acceptors (Lipinski definition) is 3. The molecule has 138 valence electrons. The number of rotatable bonds is 4. The first-order valence-electron chi connectivity index (χ1n) is 9.17. The van der Waals surface area contributed by atoms with E-state index < -0.39 is 23.8 Å². The average molecular weight is 363 g/mol. The molecule has 3 atom stereocenters. The molecule has 2 aromatic carbocycles. The van der Waals surface area contributed by atoms with Gasteiger partial charge in [-0.2, -0.15) is 0 Å². The van der Waals surface area contributed by atoms with Crippen molar-refractivity contribution in [3.05, 3.63) is 77.6 Å². The lowest BCUT2D eigenvalue weighted by Crippen LogP contribution is -2.30. The van der Waals surface area contributed by atoms with Crippen LogP contribution in [0.5, 0.6) is 0 Å². The van der Waals surface area contributed by atoms with Crippen LogP contribution in [0.2, 0.25) is 0 Å².